The number of rotatable bonds is 8. The second-order valence-electron chi connectivity index (χ2n) is 12.4. The van der Waals surface area contributed by atoms with E-state index in [4.69, 9.17) is 29.6 Å². The zero-order valence-corrected chi connectivity index (χ0v) is 27.5. The van der Waals surface area contributed by atoms with Gasteiger partial charge in [-0.15, -0.1) is 0 Å². The third-order valence-electron chi connectivity index (χ3n) is 9.48. The Labute approximate surface area is 271 Å². The minimum atomic E-state index is -0.0587. The number of benzene rings is 1. The first-order chi connectivity index (χ1) is 22.6. The summed E-state index contributed by atoms with van der Waals surface area (Å²) < 4.78 is 16.6. The standard InChI is InChI=1S/C38H44N6O2/c1-5-29-25(3)37(43(41-29)35-21-9-11-23-45-35)33-19-13-17-31(39-33)27-15-7-8-16-28(27)32-18-14-20-34(40-32)38-26(4)30(6-2)42-44(38)36-22-10-12-24-46-36/h7-8,13-20,35-36H,5-6,9-12,21-24H2,1-4H3. The summed E-state index contributed by atoms with van der Waals surface area (Å²) in [6.45, 7) is 10.2. The van der Waals surface area contributed by atoms with Gasteiger partial charge in [0.2, 0.25) is 0 Å². The third-order valence-corrected chi connectivity index (χ3v) is 9.48. The SMILES string of the molecule is CCc1nn(C2CCCCO2)c(-c2cccc(-c3ccccc3-c3cccc(-c4c(C)c(CC)nn4C4CCCCO4)n3)n2)c1C. The third kappa shape index (κ3) is 5.69. The number of aryl methyl sites for hydroxylation is 2. The molecule has 238 valence electrons. The number of nitrogens with zero attached hydrogens (tertiary/aromatic N) is 6. The Morgan fingerprint density at radius 1 is 0.587 bits per heavy atom. The van der Waals surface area contributed by atoms with Crippen molar-refractivity contribution in [2.24, 2.45) is 0 Å². The van der Waals surface area contributed by atoms with Crippen molar-refractivity contribution in [1.82, 2.24) is 29.5 Å². The lowest BCUT2D eigenvalue weighted by atomic mass is 9.99. The van der Waals surface area contributed by atoms with Gasteiger partial charge in [0.1, 0.15) is 0 Å². The number of pyridine rings is 2. The average molecular weight is 617 g/mol. The Balaban J connectivity index is 1.29. The Hall–Kier alpha value is -4.14. The first-order valence-corrected chi connectivity index (χ1v) is 17.0. The summed E-state index contributed by atoms with van der Waals surface area (Å²) in [6.07, 6.45) is 8.04. The van der Waals surface area contributed by atoms with Gasteiger partial charge in [-0.05, 0) is 101 Å². The fourth-order valence-electron chi connectivity index (χ4n) is 7.03. The molecule has 0 spiro atoms. The van der Waals surface area contributed by atoms with Crippen LogP contribution in [0, 0.1) is 13.8 Å². The van der Waals surface area contributed by atoms with E-state index >= 15 is 0 Å². The van der Waals surface area contributed by atoms with Gasteiger partial charge in [0.15, 0.2) is 12.5 Å². The highest BCUT2D eigenvalue weighted by Gasteiger charge is 2.26. The van der Waals surface area contributed by atoms with Crippen LogP contribution in [0.1, 0.15) is 87.3 Å². The van der Waals surface area contributed by atoms with Crippen molar-refractivity contribution in [2.75, 3.05) is 13.2 Å². The maximum absolute atomic E-state index is 6.19. The molecule has 0 amide bonds. The van der Waals surface area contributed by atoms with Crippen molar-refractivity contribution in [3.8, 4) is 45.3 Å². The minimum absolute atomic E-state index is 0.0587. The van der Waals surface area contributed by atoms with E-state index in [1.807, 2.05) is 0 Å². The zero-order valence-electron chi connectivity index (χ0n) is 27.5. The van der Waals surface area contributed by atoms with E-state index in [0.717, 1.165) is 121 Å². The summed E-state index contributed by atoms with van der Waals surface area (Å²) in [5.74, 6) is 0. The molecule has 8 nitrogen and oxygen atoms in total. The molecule has 46 heavy (non-hydrogen) atoms. The van der Waals surface area contributed by atoms with Crippen molar-refractivity contribution < 1.29 is 9.47 Å². The maximum atomic E-state index is 6.19. The number of hydrogen-bond donors (Lipinski definition) is 0. The lowest BCUT2D eigenvalue weighted by Crippen LogP contribution is -2.20. The van der Waals surface area contributed by atoms with Crippen LogP contribution >= 0.6 is 0 Å². The molecule has 2 saturated heterocycles. The monoisotopic (exact) mass is 616 g/mol. The van der Waals surface area contributed by atoms with Crippen molar-refractivity contribution in [2.45, 2.75) is 91.5 Å². The van der Waals surface area contributed by atoms with Crippen LogP contribution < -0.4 is 0 Å². The molecule has 1 aromatic carbocycles. The molecule has 0 aliphatic carbocycles. The molecule has 0 radical (unpaired) electrons. The van der Waals surface area contributed by atoms with Crippen LogP contribution in [0.4, 0.5) is 0 Å². The van der Waals surface area contributed by atoms with Crippen LogP contribution in [0.25, 0.3) is 45.3 Å². The van der Waals surface area contributed by atoms with Gasteiger partial charge in [0.05, 0.1) is 45.6 Å². The van der Waals surface area contributed by atoms with Crippen LogP contribution in [-0.4, -0.2) is 42.7 Å². The highest BCUT2D eigenvalue weighted by Crippen LogP contribution is 2.37. The average Bonchev–Trinajstić information content (AvgIpc) is 3.64. The fraction of sp³-hybridized carbons (Fsp3) is 0.421. The molecule has 7 rings (SSSR count). The van der Waals surface area contributed by atoms with E-state index in [9.17, 15) is 0 Å². The maximum Gasteiger partial charge on any atom is 0.150 e. The van der Waals surface area contributed by atoms with Crippen molar-refractivity contribution in [3.05, 3.63) is 83.2 Å². The van der Waals surface area contributed by atoms with E-state index in [-0.39, 0.29) is 12.5 Å². The van der Waals surface area contributed by atoms with Crippen molar-refractivity contribution >= 4 is 0 Å². The van der Waals surface area contributed by atoms with E-state index in [1.54, 1.807) is 0 Å². The summed E-state index contributed by atoms with van der Waals surface area (Å²) in [5.41, 5.74) is 12.3. The van der Waals surface area contributed by atoms with E-state index < -0.39 is 0 Å². The van der Waals surface area contributed by atoms with Gasteiger partial charge in [0.25, 0.3) is 0 Å². The molecule has 5 aromatic rings. The quantitative estimate of drug-likeness (QED) is 0.174. The Morgan fingerprint density at radius 2 is 1.02 bits per heavy atom. The Bertz CT molecular complexity index is 1690. The van der Waals surface area contributed by atoms with Crippen LogP contribution in [0.15, 0.2) is 60.7 Å². The summed E-state index contributed by atoms with van der Waals surface area (Å²) in [4.78, 5) is 10.5. The van der Waals surface area contributed by atoms with Crippen molar-refractivity contribution in [3.63, 3.8) is 0 Å². The molecule has 0 N–H and O–H groups in total. The lowest BCUT2D eigenvalue weighted by molar-refractivity contribution is -0.0387. The predicted molar refractivity (Wildman–Crippen MR) is 181 cm³/mol. The molecule has 8 heteroatoms. The molecule has 2 aliphatic heterocycles. The van der Waals surface area contributed by atoms with E-state index in [1.165, 1.54) is 11.1 Å². The molecule has 2 aliphatic rings. The fourth-order valence-corrected chi connectivity index (χ4v) is 7.03. The van der Waals surface area contributed by atoms with Gasteiger partial charge >= 0.3 is 0 Å². The summed E-state index contributed by atoms with van der Waals surface area (Å²) >= 11 is 0. The molecule has 6 heterocycles. The molecule has 4 aromatic heterocycles. The summed E-state index contributed by atoms with van der Waals surface area (Å²) in [7, 11) is 0. The molecular weight excluding hydrogens is 572 g/mol. The summed E-state index contributed by atoms with van der Waals surface area (Å²) in [6, 6.07) is 21.0. The lowest BCUT2D eigenvalue weighted by Gasteiger charge is -2.25. The number of aromatic nitrogens is 6. The topological polar surface area (TPSA) is 79.9 Å². The first kappa shape index (κ1) is 30.5. The van der Waals surface area contributed by atoms with Gasteiger partial charge in [-0.3, -0.25) is 0 Å². The van der Waals surface area contributed by atoms with Crippen LogP contribution in [0.2, 0.25) is 0 Å². The van der Waals surface area contributed by atoms with Crippen molar-refractivity contribution in [1.29, 1.82) is 0 Å². The van der Waals surface area contributed by atoms with Gasteiger partial charge in [-0.1, -0.05) is 50.2 Å². The largest absolute Gasteiger partial charge is 0.356 e. The molecule has 2 unspecified atom stereocenters. The first-order valence-electron chi connectivity index (χ1n) is 17.0. The van der Waals surface area contributed by atoms with Crippen LogP contribution in [0.5, 0.6) is 0 Å². The van der Waals surface area contributed by atoms with Gasteiger partial charge in [-0.25, -0.2) is 19.3 Å². The minimum Gasteiger partial charge on any atom is -0.356 e. The van der Waals surface area contributed by atoms with Gasteiger partial charge in [0, 0.05) is 24.3 Å². The smallest absolute Gasteiger partial charge is 0.150 e. The van der Waals surface area contributed by atoms with E-state index in [0.29, 0.717) is 0 Å². The molecular formula is C38H44N6O2. The molecule has 2 atom stereocenters. The van der Waals surface area contributed by atoms with E-state index in [2.05, 4.69) is 97.7 Å². The highest BCUT2D eigenvalue weighted by atomic mass is 16.5. The summed E-state index contributed by atoms with van der Waals surface area (Å²) in [5, 5.41) is 10.0. The predicted octanol–water partition coefficient (Wildman–Crippen LogP) is 8.68. The zero-order chi connectivity index (χ0) is 31.6. The normalized spacial score (nSPS) is 18.6. The highest BCUT2D eigenvalue weighted by molar-refractivity contribution is 5.82. The second-order valence-corrected chi connectivity index (χ2v) is 12.4. The number of ether oxygens (including phenoxy) is 2. The van der Waals surface area contributed by atoms with Crippen LogP contribution in [-0.2, 0) is 22.3 Å². The van der Waals surface area contributed by atoms with Gasteiger partial charge in [-0.2, -0.15) is 10.2 Å². The van der Waals surface area contributed by atoms with Crippen LogP contribution in [0.3, 0.4) is 0 Å². The molecule has 0 saturated carbocycles. The second kappa shape index (κ2) is 13.3. The Kier molecular flexibility index (Phi) is 8.82. The Morgan fingerprint density at radius 3 is 1.41 bits per heavy atom. The number of hydrogen-bond acceptors (Lipinski definition) is 6. The molecule has 2 fully saturated rings. The van der Waals surface area contributed by atoms with Gasteiger partial charge < -0.3 is 9.47 Å². The molecule has 0 bridgehead atoms.